The summed E-state index contributed by atoms with van der Waals surface area (Å²) in [4.78, 5) is 12.3. The number of rotatable bonds is 1. The number of fused-ring (bicyclic) bond motifs is 1. The fraction of sp³-hybridized carbons (Fsp3) is 0. The van der Waals surface area contributed by atoms with Crippen LogP contribution in [0.25, 0.3) is 5.76 Å². The van der Waals surface area contributed by atoms with E-state index in [1.807, 2.05) is 0 Å². The van der Waals surface area contributed by atoms with E-state index in [9.17, 15) is 18.3 Å². The highest BCUT2D eigenvalue weighted by Crippen LogP contribution is 2.28. The van der Waals surface area contributed by atoms with Gasteiger partial charge in [0.25, 0.3) is 10.0 Å². The van der Waals surface area contributed by atoms with Crippen LogP contribution in [0.4, 0.5) is 0 Å². The number of aliphatic hydroxyl groups excluding tert-OH is 1. The maximum atomic E-state index is 12.4. The average Bonchev–Trinajstić information content (AvgIpc) is 2.50. The third kappa shape index (κ3) is 2.36. The summed E-state index contributed by atoms with van der Waals surface area (Å²) in [6, 6.07) is 12.0. The Kier molecular flexibility index (Phi) is 3.42. The number of halogens is 1. The van der Waals surface area contributed by atoms with Crippen molar-refractivity contribution in [3.63, 3.8) is 0 Å². The van der Waals surface area contributed by atoms with E-state index in [-0.39, 0.29) is 21.7 Å². The van der Waals surface area contributed by atoms with Crippen molar-refractivity contribution in [3.8, 4) is 0 Å². The summed E-state index contributed by atoms with van der Waals surface area (Å²) in [5, 5.41) is 10.6. The van der Waals surface area contributed by atoms with E-state index in [0.29, 0.717) is 5.02 Å². The molecule has 0 fully saturated rings. The number of carbonyl (C=O) groups excluding carboxylic acids is 1. The van der Waals surface area contributed by atoms with E-state index in [2.05, 4.69) is 4.72 Å². The first-order valence-electron chi connectivity index (χ1n) is 6.26. The van der Waals surface area contributed by atoms with Crippen molar-refractivity contribution in [1.29, 1.82) is 0 Å². The molecule has 0 aromatic heterocycles. The Balaban J connectivity index is 2.22. The molecule has 1 aliphatic rings. The van der Waals surface area contributed by atoms with Crippen LogP contribution in [0.2, 0.25) is 5.02 Å². The number of ketones is 1. The van der Waals surface area contributed by atoms with Crippen LogP contribution in [-0.2, 0) is 10.0 Å². The molecule has 0 atom stereocenters. The van der Waals surface area contributed by atoms with Gasteiger partial charge >= 0.3 is 0 Å². The standard InChI is InChI=1S/C15H10ClNO4S/c16-10-5-3-4-9(8-10)14(18)13-15(19)11-6-1-2-7-12(11)22(20,21)17-13/h1-8,17-18H/b14-13+. The van der Waals surface area contributed by atoms with Crippen molar-refractivity contribution in [3.05, 3.63) is 70.4 Å². The molecule has 22 heavy (non-hydrogen) atoms. The van der Waals surface area contributed by atoms with Gasteiger partial charge in [0.1, 0.15) is 5.70 Å². The van der Waals surface area contributed by atoms with E-state index >= 15 is 0 Å². The number of hydrogen-bond acceptors (Lipinski definition) is 4. The second-order valence-electron chi connectivity index (χ2n) is 4.66. The second kappa shape index (κ2) is 5.15. The molecule has 0 radical (unpaired) electrons. The Hall–Kier alpha value is -2.31. The molecule has 0 spiro atoms. The fourth-order valence-corrected chi connectivity index (χ4v) is 3.66. The molecule has 3 rings (SSSR count). The molecule has 1 heterocycles. The summed E-state index contributed by atoms with van der Waals surface area (Å²) >= 11 is 5.84. The number of hydrogen-bond donors (Lipinski definition) is 2. The van der Waals surface area contributed by atoms with Crippen LogP contribution in [0, 0.1) is 0 Å². The van der Waals surface area contributed by atoms with Crippen molar-refractivity contribution in [2.75, 3.05) is 0 Å². The summed E-state index contributed by atoms with van der Waals surface area (Å²) < 4.78 is 26.5. The van der Waals surface area contributed by atoms with Crippen LogP contribution in [0.3, 0.4) is 0 Å². The molecular weight excluding hydrogens is 326 g/mol. The van der Waals surface area contributed by atoms with Gasteiger partial charge in [-0.1, -0.05) is 35.9 Å². The van der Waals surface area contributed by atoms with Gasteiger partial charge in [0.15, 0.2) is 5.76 Å². The Labute approximate surface area is 131 Å². The molecule has 2 aromatic rings. The Morgan fingerprint density at radius 2 is 1.82 bits per heavy atom. The summed E-state index contributed by atoms with van der Waals surface area (Å²) in [5.41, 5.74) is -0.122. The predicted octanol–water partition coefficient (Wildman–Crippen LogP) is 2.74. The highest BCUT2D eigenvalue weighted by atomic mass is 35.5. The Morgan fingerprint density at radius 1 is 1.09 bits per heavy atom. The molecule has 0 saturated heterocycles. The zero-order chi connectivity index (χ0) is 15.9. The number of Topliss-reactive ketones (excluding diaryl/α,β-unsaturated/α-hetero) is 1. The van der Waals surface area contributed by atoms with Crippen molar-refractivity contribution in [1.82, 2.24) is 4.72 Å². The maximum absolute atomic E-state index is 12.4. The Morgan fingerprint density at radius 3 is 2.55 bits per heavy atom. The van der Waals surface area contributed by atoms with Gasteiger partial charge < -0.3 is 5.11 Å². The van der Waals surface area contributed by atoms with Gasteiger partial charge in [0, 0.05) is 16.1 Å². The second-order valence-corrected chi connectivity index (χ2v) is 6.75. The van der Waals surface area contributed by atoms with Crippen LogP contribution in [-0.4, -0.2) is 19.3 Å². The first kappa shape index (κ1) is 14.6. The van der Waals surface area contributed by atoms with Crippen molar-refractivity contribution in [2.45, 2.75) is 4.90 Å². The van der Waals surface area contributed by atoms with Crippen molar-refractivity contribution in [2.24, 2.45) is 0 Å². The molecule has 7 heteroatoms. The molecule has 0 saturated carbocycles. The zero-order valence-electron chi connectivity index (χ0n) is 11.1. The van der Waals surface area contributed by atoms with Gasteiger partial charge in [-0.05, 0) is 24.3 Å². The van der Waals surface area contributed by atoms with E-state index < -0.39 is 21.6 Å². The lowest BCUT2D eigenvalue weighted by Crippen LogP contribution is -2.35. The van der Waals surface area contributed by atoms with Crippen molar-refractivity contribution >= 4 is 33.2 Å². The molecule has 112 valence electrons. The topological polar surface area (TPSA) is 83.5 Å². The van der Waals surface area contributed by atoms with Crippen molar-refractivity contribution < 1.29 is 18.3 Å². The molecule has 0 aliphatic carbocycles. The van der Waals surface area contributed by atoms with Gasteiger partial charge in [0.2, 0.25) is 5.78 Å². The number of carbonyl (C=O) groups is 1. The van der Waals surface area contributed by atoms with Gasteiger partial charge in [-0.3, -0.25) is 9.52 Å². The molecule has 0 bridgehead atoms. The number of allylic oxidation sites excluding steroid dienone is 1. The largest absolute Gasteiger partial charge is 0.505 e. The van der Waals surface area contributed by atoms with E-state index in [1.54, 1.807) is 18.2 Å². The first-order valence-corrected chi connectivity index (χ1v) is 8.12. The molecule has 2 aromatic carbocycles. The third-order valence-corrected chi connectivity index (χ3v) is 4.86. The lowest BCUT2D eigenvalue weighted by atomic mass is 10.0. The number of nitrogens with one attached hydrogen (secondary N) is 1. The quantitative estimate of drug-likeness (QED) is 0.620. The predicted molar refractivity (Wildman–Crippen MR) is 82.1 cm³/mol. The minimum atomic E-state index is -3.91. The molecule has 0 unspecified atom stereocenters. The molecule has 1 aliphatic heterocycles. The lowest BCUT2D eigenvalue weighted by molar-refractivity contribution is 0.102. The molecule has 2 N–H and O–H groups in total. The SMILES string of the molecule is O=C1/C(=C(\O)c2cccc(Cl)c2)NS(=O)(=O)c2ccccc21. The Bertz CT molecular complexity index is 919. The van der Waals surface area contributed by atoms with Gasteiger partial charge in [-0.15, -0.1) is 0 Å². The van der Waals surface area contributed by atoms with Gasteiger partial charge in [-0.2, -0.15) is 0 Å². The number of benzene rings is 2. The van der Waals surface area contributed by atoms with Crippen LogP contribution in [0.5, 0.6) is 0 Å². The lowest BCUT2D eigenvalue weighted by Gasteiger charge is -2.20. The molecular formula is C15H10ClNO4S. The molecule has 5 nitrogen and oxygen atoms in total. The summed E-state index contributed by atoms with van der Waals surface area (Å²) in [6.45, 7) is 0. The van der Waals surface area contributed by atoms with Gasteiger partial charge in [-0.25, -0.2) is 8.42 Å². The van der Waals surface area contributed by atoms with Crippen LogP contribution >= 0.6 is 11.6 Å². The van der Waals surface area contributed by atoms with E-state index in [0.717, 1.165) is 0 Å². The van der Waals surface area contributed by atoms with Gasteiger partial charge in [0.05, 0.1) is 4.90 Å². The third-order valence-electron chi connectivity index (χ3n) is 3.22. The summed E-state index contributed by atoms with van der Waals surface area (Å²) in [7, 11) is -3.91. The normalized spacial score (nSPS) is 18.3. The first-order chi connectivity index (χ1) is 10.4. The summed E-state index contributed by atoms with van der Waals surface area (Å²) in [6.07, 6.45) is 0. The summed E-state index contributed by atoms with van der Waals surface area (Å²) in [5.74, 6) is -1.06. The number of sulfonamides is 1. The average molecular weight is 336 g/mol. The van der Waals surface area contributed by atoms with Crippen LogP contribution in [0.1, 0.15) is 15.9 Å². The minimum Gasteiger partial charge on any atom is -0.505 e. The van der Waals surface area contributed by atoms with E-state index in [4.69, 9.17) is 11.6 Å². The monoisotopic (exact) mass is 335 g/mol. The number of aliphatic hydroxyl groups is 1. The highest BCUT2D eigenvalue weighted by molar-refractivity contribution is 7.90. The maximum Gasteiger partial charge on any atom is 0.262 e. The smallest absolute Gasteiger partial charge is 0.262 e. The fourth-order valence-electron chi connectivity index (χ4n) is 2.19. The molecule has 0 amide bonds. The minimum absolute atomic E-state index is 0.0184. The van der Waals surface area contributed by atoms with Crippen LogP contribution in [0.15, 0.2) is 59.1 Å². The zero-order valence-corrected chi connectivity index (χ0v) is 12.6. The van der Waals surface area contributed by atoms with Crippen LogP contribution < -0.4 is 4.72 Å². The highest BCUT2D eigenvalue weighted by Gasteiger charge is 2.34. The van der Waals surface area contributed by atoms with E-state index in [1.165, 1.54) is 30.3 Å².